The molecule has 0 bridgehead atoms. The quantitative estimate of drug-likeness (QED) is 0.576. The number of hydrogen-bond acceptors (Lipinski definition) is 4. The lowest BCUT2D eigenvalue weighted by atomic mass is 9.94. The summed E-state index contributed by atoms with van der Waals surface area (Å²) in [7, 11) is 0. The molecule has 0 radical (unpaired) electrons. The minimum atomic E-state index is -0.218. The van der Waals surface area contributed by atoms with E-state index >= 15 is 0 Å². The van der Waals surface area contributed by atoms with Gasteiger partial charge in [0.05, 0.1) is 22.5 Å². The molecule has 0 spiro atoms. The highest BCUT2D eigenvalue weighted by Gasteiger charge is 2.22. The zero-order valence-corrected chi connectivity index (χ0v) is 14.4. The number of hydrogen-bond donors (Lipinski definition) is 1. The zero-order chi connectivity index (χ0) is 17.6. The predicted molar refractivity (Wildman–Crippen MR) is 97.8 cm³/mol. The first-order chi connectivity index (χ1) is 12.1. The molecule has 25 heavy (non-hydrogen) atoms. The Morgan fingerprint density at radius 1 is 1.08 bits per heavy atom. The monoisotopic (exact) mass is 351 g/mol. The highest BCUT2D eigenvalue weighted by Crippen LogP contribution is 2.37. The van der Waals surface area contributed by atoms with E-state index in [-0.39, 0.29) is 5.56 Å². The molecule has 6 heteroatoms. The number of halogens is 1. The molecule has 0 aliphatic carbocycles. The Labute approximate surface area is 148 Å². The normalized spacial score (nSPS) is 11.2. The van der Waals surface area contributed by atoms with Crippen LogP contribution in [0.25, 0.3) is 33.3 Å². The Morgan fingerprint density at radius 2 is 1.92 bits per heavy atom. The van der Waals surface area contributed by atoms with Gasteiger partial charge >= 0.3 is 0 Å². The Balaban J connectivity index is 2.23. The molecule has 1 N–H and O–H groups in total. The molecule has 0 aliphatic rings. The van der Waals surface area contributed by atoms with Crippen molar-refractivity contribution in [2.45, 2.75) is 13.8 Å². The summed E-state index contributed by atoms with van der Waals surface area (Å²) >= 11 is 6.21. The van der Waals surface area contributed by atoms with E-state index in [9.17, 15) is 4.79 Å². The van der Waals surface area contributed by atoms with E-state index < -0.39 is 0 Å². The first-order valence-electron chi connectivity index (χ1n) is 7.76. The number of pyridine rings is 2. The van der Waals surface area contributed by atoms with Crippen molar-refractivity contribution in [2.75, 3.05) is 0 Å². The molecule has 124 valence electrons. The highest BCUT2D eigenvalue weighted by atomic mass is 35.5. The van der Waals surface area contributed by atoms with Gasteiger partial charge in [0, 0.05) is 27.7 Å². The van der Waals surface area contributed by atoms with Crippen LogP contribution >= 0.6 is 11.6 Å². The first kappa shape index (κ1) is 15.6. The van der Waals surface area contributed by atoms with Gasteiger partial charge in [0.2, 0.25) is 0 Å². The molecule has 3 aromatic heterocycles. The first-order valence-corrected chi connectivity index (χ1v) is 8.14. The third-order valence-corrected chi connectivity index (χ3v) is 4.42. The topological polar surface area (TPSA) is 71.8 Å². The van der Waals surface area contributed by atoms with Crippen LogP contribution in [-0.2, 0) is 0 Å². The van der Waals surface area contributed by atoms with Crippen molar-refractivity contribution in [3.05, 3.63) is 69.4 Å². The average molecular weight is 352 g/mol. The van der Waals surface area contributed by atoms with Crippen LogP contribution in [0.1, 0.15) is 11.5 Å². The summed E-state index contributed by atoms with van der Waals surface area (Å²) in [5.74, 6) is 0.585. The molecule has 0 aliphatic heterocycles. The van der Waals surface area contributed by atoms with Gasteiger partial charge in [-0.2, -0.15) is 0 Å². The standard InChI is InChI=1S/C19H14ClN3O2/c1-10-16(11(2)25-23-10)18-17(15-5-3-4-8-21-15)13-9-12(20)6-7-14(13)22-19(18)24/h3-9H,1-2H3,(H,22,24). The summed E-state index contributed by atoms with van der Waals surface area (Å²) in [6, 6.07) is 11.0. The zero-order valence-electron chi connectivity index (χ0n) is 13.6. The summed E-state index contributed by atoms with van der Waals surface area (Å²) < 4.78 is 5.28. The lowest BCUT2D eigenvalue weighted by molar-refractivity contribution is 0.393. The Kier molecular flexibility index (Phi) is 3.66. The van der Waals surface area contributed by atoms with Gasteiger partial charge in [0.1, 0.15) is 5.76 Å². The lowest BCUT2D eigenvalue weighted by Gasteiger charge is -2.12. The van der Waals surface area contributed by atoms with Crippen molar-refractivity contribution in [2.24, 2.45) is 0 Å². The van der Waals surface area contributed by atoms with Crippen LogP contribution < -0.4 is 5.56 Å². The number of aryl methyl sites for hydroxylation is 2. The smallest absolute Gasteiger partial charge is 0.257 e. The number of benzene rings is 1. The summed E-state index contributed by atoms with van der Waals surface area (Å²) in [6.07, 6.45) is 1.70. The van der Waals surface area contributed by atoms with E-state index in [4.69, 9.17) is 16.1 Å². The fourth-order valence-electron chi connectivity index (χ4n) is 3.12. The third-order valence-electron chi connectivity index (χ3n) is 4.18. The molecule has 0 saturated heterocycles. The van der Waals surface area contributed by atoms with Crippen molar-refractivity contribution in [3.8, 4) is 22.4 Å². The van der Waals surface area contributed by atoms with E-state index in [0.29, 0.717) is 38.8 Å². The number of rotatable bonds is 2. The minimum absolute atomic E-state index is 0.218. The fraction of sp³-hybridized carbons (Fsp3) is 0.105. The molecule has 0 unspecified atom stereocenters. The molecule has 5 nitrogen and oxygen atoms in total. The van der Waals surface area contributed by atoms with Gasteiger partial charge < -0.3 is 9.51 Å². The van der Waals surface area contributed by atoms with Crippen LogP contribution in [0.3, 0.4) is 0 Å². The number of aromatic nitrogens is 3. The number of nitrogens with one attached hydrogen (secondary N) is 1. The minimum Gasteiger partial charge on any atom is -0.361 e. The second kappa shape index (κ2) is 5.86. The van der Waals surface area contributed by atoms with Gasteiger partial charge in [0.25, 0.3) is 5.56 Å². The van der Waals surface area contributed by atoms with Gasteiger partial charge in [-0.1, -0.05) is 22.8 Å². The Hall–Kier alpha value is -2.92. The second-order valence-electron chi connectivity index (χ2n) is 5.81. The van der Waals surface area contributed by atoms with E-state index in [1.54, 1.807) is 25.3 Å². The summed E-state index contributed by atoms with van der Waals surface area (Å²) in [4.78, 5) is 20.3. The van der Waals surface area contributed by atoms with Crippen LogP contribution in [0.15, 0.2) is 51.9 Å². The van der Waals surface area contributed by atoms with Crippen molar-refractivity contribution in [3.63, 3.8) is 0 Å². The molecular weight excluding hydrogens is 338 g/mol. The molecular formula is C19H14ClN3O2. The lowest BCUT2D eigenvalue weighted by Crippen LogP contribution is -2.12. The van der Waals surface area contributed by atoms with E-state index in [1.165, 1.54) is 0 Å². The Bertz CT molecular complexity index is 1130. The molecule has 0 fully saturated rings. The molecule has 4 rings (SSSR count). The van der Waals surface area contributed by atoms with Crippen molar-refractivity contribution in [1.82, 2.24) is 15.1 Å². The van der Waals surface area contributed by atoms with Crippen LogP contribution in [0.5, 0.6) is 0 Å². The van der Waals surface area contributed by atoms with Gasteiger partial charge in [-0.3, -0.25) is 9.78 Å². The summed E-state index contributed by atoms with van der Waals surface area (Å²) in [5, 5.41) is 5.40. The van der Waals surface area contributed by atoms with E-state index in [1.807, 2.05) is 31.2 Å². The largest absolute Gasteiger partial charge is 0.361 e. The van der Waals surface area contributed by atoms with E-state index in [0.717, 1.165) is 10.9 Å². The molecule has 0 atom stereocenters. The SMILES string of the molecule is Cc1noc(C)c1-c1c(-c2ccccn2)c2cc(Cl)ccc2[nH]c1=O. The van der Waals surface area contributed by atoms with Crippen LogP contribution in [-0.4, -0.2) is 15.1 Å². The average Bonchev–Trinajstić information content (AvgIpc) is 2.93. The van der Waals surface area contributed by atoms with Crippen molar-refractivity contribution in [1.29, 1.82) is 0 Å². The van der Waals surface area contributed by atoms with Gasteiger partial charge in [0.15, 0.2) is 0 Å². The number of fused-ring (bicyclic) bond motifs is 1. The van der Waals surface area contributed by atoms with Gasteiger partial charge in [-0.15, -0.1) is 0 Å². The van der Waals surface area contributed by atoms with E-state index in [2.05, 4.69) is 15.1 Å². The maximum absolute atomic E-state index is 12.9. The molecule has 0 saturated carbocycles. The molecule has 3 heterocycles. The van der Waals surface area contributed by atoms with Crippen LogP contribution in [0, 0.1) is 13.8 Å². The Morgan fingerprint density at radius 3 is 2.60 bits per heavy atom. The van der Waals surface area contributed by atoms with Gasteiger partial charge in [-0.25, -0.2) is 0 Å². The number of H-pyrrole nitrogens is 1. The third kappa shape index (κ3) is 2.53. The molecule has 1 aromatic carbocycles. The molecule has 0 amide bonds. The van der Waals surface area contributed by atoms with Crippen molar-refractivity contribution < 1.29 is 4.52 Å². The second-order valence-corrected chi connectivity index (χ2v) is 6.24. The fourth-order valence-corrected chi connectivity index (χ4v) is 3.29. The highest BCUT2D eigenvalue weighted by molar-refractivity contribution is 6.31. The number of nitrogens with zero attached hydrogens (tertiary/aromatic N) is 2. The summed E-state index contributed by atoms with van der Waals surface area (Å²) in [5.41, 5.74) is 3.72. The van der Waals surface area contributed by atoms with Gasteiger partial charge in [-0.05, 0) is 44.2 Å². The summed E-state index contributed by atoms with van der Waals surface area (Å²) in [6.45, 7) is 3.61. The van der Waals surface area contributed by atoms with Crippen LogP contribution in [0.4, 0.5) is 0 Å². The number of aromatic amines is 1. The molecule has 4 aromatic rings. The van der Waals surface area contributed by atoms with Crippen molar-refractivity contribution >= 4 is 22.5 Å². The maximum atomic E-state index is 12.9. The predicted octanol–water partition coefficient (Wildman–Crippen LogP) is 4.52. The van der Waals surface area contributed by atoms with Crippen LogP contribution in [0.2, 0.25) is 5.02 Å². The maximum Gasteiger partial charge on any atom is 0.257 e.